The number of hydrogen-bond acceptors (Lipinski definition) is 5. The first-order valence-electron chi connectivity index (χ1n) is 9.62. The maximum atomic E-state index is 12.9. The Labute approximate surface area is 175 Å². The number of urea groups is 1. The summed E-state index contributed by atoms with van der Waals surface area (Å²) in [4.78, 5) is 27.9. The topological polar surface area (TPSA) is 87.2 Å². The van der Waals surface area contributed by atoms with E-state index in [-0.39, 0.29) is 6.03 Å². The number of hydrogen-bond donors (Lipinski definition) is 0. The highest BCUT2D eigenvalue weighted by atomic mass is 32.2. The van der Waals surface area contributed by atoms with E-state index < -0.39 is 16.0 Å². The van der Waals surface area contributed by atoms with Crippen molar-refractivity contribution in [3.63, 3.8) is 0 Å². The Morgan fingerprint density at radius 1 is 1.07 bits per heavy atom. The van der Waals surface area contributed by atoms with Crippen LogP contribution in [-0.4, -0.2) is 58.3 Å². The van der Waals surface area contributed by atoms with E-state index in [0.717, 1.165) is 16.8 Å². The smallest absolute Gasteiger partial charge is 0.337 e. The van der Waals surface area contributed by atoms with Crippen LogP contribution in [0, 0.1) is 0 Å². The average molecular weight is 429 g/mol. The van der Waals surface area contributed by atoms with Gasteiger partial charge in [0.1, 0.15) is 0 Å². The van der Waals surface area contributed by atoms with Gasteiger partial charge < -0.3 is 9.64 Å². The lowest BCUT2D eigenvalue weighted by Crippen LogP contribution is -2.31. The van der Waals surface area contributed by atoms with E-state index in [2.05, 4.69) is 0 Å². The highest BCUT2D eigenvalue weighted by Gasteiger charge is 2.32. The Bertz CT molecular complexity index is 1100. The maximum absolute atomic E-state index is 12.9. The fraction of sp³-hybridized carbons (Fsp3) is 0.333. The number of ether oxygens (including phenoxy) is 1. The first-order chi connectivity index (χ1) is 14.3. The molecular weight excluding hydrogens is 406 g/mol. The van der Waals surface area contributed by atoms with Crippen molar-refractivity contribution >= 4 is 33.4 Å². The molecule has 2 heterocycles. The van der Waals surface area contributed by atoms with Gasteiger partial charge in [-0.2, -0.15) is 0 Å². The molecule has 158 valence electrons. The van der Waals surface area contributed by atoms with Gasteiger partial charge >= 0.3 is 12.0 Å². The second kappa shape index (κ2) is 7.64. The summed E-state index contributed by atoms with van der Waals surface area (Å²) in [6.45, 7) is 2.03. The predicted octanol–water partition coefficient (Wildman–Crippen LogP) is 2.24. The number of carbonyl (C=O) groups is 2. The van der Waals surface area contributed by atoms with E-state index in [1.165, 1.54) is 17.7 Å². The summed E-state index contributed by atoms with van der Waals surface area (Å²) >= 11 is 0. The molecule has 2 aromatic rings. The zero-order valence-corrected chi connectivity index (χ0v) is 17.7. The van der Waals surface area contributed by atoms with Crippen molar-refractivity contribution in [3.05, 3.63) is 59.2 Å². The molecule has 0 aromatic heterocycles. The molecule has 0 aliphatic carbocycles. The van der Waals surface area contributed by atoms with Crippen LogP contribution in [-0.2, 0) is 27.7 Å². The predicted molar refractivity (Wildman–Crippen MR) is 113 cm³/mol. The summed E-state index contributed by atoms with van der Waals surface area (Å²) in [5, 5.41) is 0. The SMILES string of the molecule is COC(=O)c1ccc(CN2CCN(c3ccc4c(c3)CCN4S(C)(=O)=O)C2=O)cc1. The van der Waals surface area contributed by atoms with Gasteiger partial charge in [-0.25, -0.2) is 18.0 Å². The molecule has 0 bridgehead atoms. The molecule has 0 N–H and O–H groups in total. The molecule has 2 amide bonds. The average Bonchev–Trinajstić information content (AvgIpc) is 3.31. The molecule has 8 nitrogen and oxygen atoms in total. The standard InChI is InChI=1S/C21H23N3O5S/c1-29-20(25)16-5-3-15(4-6-16)14-22-11-12-23(21(22)26)18-7-8-19-17(13-18)9-10-24(19)30(2,27)28/h3-8,13H,9-12,14H2,1-2H3. The molecule has 0 atom stereocenters. The lowest BCUT2D eigenvalue weighted by atomic mass is 10.1. The van der Waals surface area contributed by atoms with E-state index in [9.17, 15) is 18.0 Å². The summed E-state index contributed by atoms with van der Waals surface area (Å²) in [6.07, 6.45) is 1.84. The number of anilines is 2. The van der Waals surface area contributed by atoms with E-state index in [0.29, 0.717) is 43.9 Å². The Hall–Kier alpha value is -3.07. The molecule has 2 aliphatic rings. The third kappa shape index (κ3) is 3.72. The van der Waals surface area contributed by atoms with Crippen LogP contribution in [0.15, 0.2) is 42.5 Å². The van der Waals surface area contributed by atoms with Gasteiger partial charge in [0.15, 0.2) is 0 Å². The van der Waals surface area contributed by atoms with Crippen LogP contribution < -0.4 is 9.21 Å². The largest absolute Gasteiger partial charge is 0.465 e. The maximum Gasteiger partial charge on any atom is 0.337 e. The second-order valence-corrected chi connectivity index (χ2v) is 9.35. The van der Waals surface area contributed by atoms with Crippen LogP contribution in [0.3, 0.4) is 0 Å². The van der Waals surface area contributed by atoms with Crippen LogP contribution in [0.5, 0.6) is 0 Å². The van der Waals surface area contributed by atoms with E-state index in [1.54, 1.807) is 34.1 Å². The van der Waals surface area contributed by atoms with Gasteiger partial charge in [0.2, 0.25) is 10.0 Å². The normalized spacial score (nSPS) is 16.2. The van der Waals surface area contributed by atoms with Gasteiger partial charge in [0, 0.05) is 31.9 Å². The third-order valence-corrected chi connectivity index (χ3v) is 6.65. The van der Waals surface area contributed by atoms with Crippen molar-refractivity contribution in [2.24, 2.45) is 0 Å². The summed E-state index contributed by atoms with van der Waals surface area (Å²) in [5.41, 5.74) is 3.79. The minimum atomic E-state index is -3.30. The van der Waals surface area contributed by atoms with Gasteiger partial charge in [-0.1, -0.05) is 12.1 Å². The molecule has 9 heteroatoms. The fourth-order valence-corrected chi connectivity index (χ4v) is 4.88. The summed E-state index contributed by atoms with van der Waals surface area (Å²) < 4.78 is 29.9. The summed E-state index contributed by atoms with van der Waals surface area (Å²) in [5.74, 6) is -0.393. The van der Waals surface area contributed by atoms with Crippen LogP contribution in [0.25, 0.3) is 0 Å². The van der Waals surface area contributed by atoms with Gasteiger partial charge in [-0.15, -0.1) is 0 Å². The third-order valence-electron chi connectivity index (χ3n) is 5.47. The van der Waals surface area contributed by atoms with Gasteiger partial charge in [0.05, 0.1) is 24.6 Å². The number of sulfonamides is 1. The molecule has 2 aliphatic heterocycles. The Morgan fingerprint density at radius 3 is 2.47 bits per heavy atom. The van der Waals surface area contributed by atoms with Gasteiger partial charge in [-0.3, -0.25) is 9.21 Å². The molecule has 1 fully saturated rings. The molecule has 2 aromatic carbocycles. The molecule has 0 unspecified atom stereocenters. The van der Waals surface area contributed by atoms with Crippen LogP contribution >= 0.6 is 0 Å². The molecule has 0 saturated carbocycles. The van der Waals surface area contributed by atoms with Crippen LogP contribution in [0.2, 0.25) is 0 Å². The fourth-order valence-electron chi connectivity index (χ4n) is 3.92. The van der Waals surface area contributed by atoms with E-state index in [4.69, 9.17) is 4.74 Å². The Balaban J connectivity index is 1.47. The van der Waals surface area contributed by atoms with E-state index in [1.807, 2.05) is 18.2 Å². The number of amides is 2. The van der Waals surface area contributed by atoms with Gasteiger partial charge in [0.25, 0.3) is 0 Å². The number of esters is 1. The highest BCUT2D eigenvalue weighted by molar-refractivity contribution is 7.92. The number of benzene rings is 2. The zero-order valence-electron chi connectivity index (χ0n) is 16.9. The molecule has 30 heavy (non-hydrogen) atoms. The van der Waals surface area contributed by atoms with E-state index >= 15 is 0 Å². The van der Waals surface area contributed by atoms with Crippen LogP contribution in [0.1, 0.15) is 21.5 Å². The Kier molecular flexibility index (Phi) is 5.15. The number of methoxy groups -OCH3 is 1. The second-order valence-electron chi connectivity index (χ2n) is 7.44. The first kappa shape index (κ1) is 20.2. The quantitative estimate of drug-likeness (QED) is 0.681. The zero-order chi connectivity index (χ0) is 21.5. The van der Waals surface area contributed by atoms with Crippen molar-refractivity contribution in [3.8, 4) is 0 Å². The molecule has 0 radical (unpaired) electrons. The van der Waals surface area contributed by atoms with Crippen molar-refractivity contribution in [1.29, 1.82) is 0 Å². The molecule has 1 saturated heterocycles. The number of rotatable bonds is 5. The van der Waals surface area contributed by atoms with Crippen molar-refractivity contribution in [1.82, 2.24) is 4.90 Å². The number of nitrogens with zero attached hydrogens (tertiary/aromatic N) is 3. The summed E-state index contributed by atoms with van der Waals surface area (Å²) in [6, 6.07) is 12.4. The molecule has 0 spiro atoms. The minimum Gasteiger partial charge on any atom is -0.465 e. The van der Waals surface area contributed by atoms with Crippen molar-refractivity contribution in [2.45, 2.75) is 13.0 Å². The number of carbonyl (C=O) groups excluding carboxylic acids is 2. The lowest BCUT2D eigenvalue weighted by molar-refractivity contribution is 0.0600. The van der Waals surface area contributed by atoms with Gasteiger partial charge in [-0.05, 0) is 47.9 Å². The van der Waals surface area contributed by atoms with Crippen LogP contribution in [0.4, 0.5) is 16.2 Å². The lowest BCUT2D eigenvalue weighted by Gasteiger charge is -2.20. The highest BCUT2D eigenvalue weighted by Crippen LogP contribution is 2.34. The number of fused-ring (bicyclic) bond motifs is 1. The van der Waals surface area contributed by atoms with Crippen molar-refractivity contribution < 1.29 is 22.7 Å². The van der Waals surface area contributed by atoms with Crippen molar-refractivity contribution in [2.75, 3.05) is 42.2 Å². The first-order valence-corrected chi connectivity index (χ1v) is 11.5. The minimum absolute atomic E-state index is 0.0926. The Morgan fingerprint density at radius 2 is 1.80 bits per heavy atom. The summed E-state index contributed by atoms with van der Waals surface area (Å²) in [7, 11) is -1.96. The molecular formula is C21H23N3O5S. The monoisotopic (exact) mass is 429 g/mol. The molecule has 4 rings (SSSR count).